The quantitative estimate of drug-likeness (QED) is 0.624. The van der Waals surface area contributed by atoms with Crippen LogP contribution in [0.1, 0.15) is 15.9 Å². The first-order valence-electron chi connectivity index (χ1n) is 7.73. The summed E-state index contributed by atoms with van der Waals surface area (Å²) in [6.45, 7) is 0. The lowest BCUT2D eigenvalue weighted by molar-refractivity contribution is 0.112. The van der Waals surface area contributed by atoms with Gasteiger partial charge in [-0.05, 0) is 29.8 Å². The van der Waals surface area contributed by atoms with Crippen molar-refractivity contribution in [3.05, 3.63) is 84.1 Å². The van der Waals surface area contributed by atoms with Gasteiger partial charge in [-0.15, -0.1) is 0 Å². The molecule has 0 saturated heterocycles. The Morgan fingerprint density at radius 3 is 2.62 bits per heavy atom. The Labute approximate surface area is 150 Å². The lowest BCUT2D eigenvalue weighted by Gasteiger charge is -2.09. The predicted molar refractivity (Wildman–Crippen MR) is 97.7 cm³/mol. The second-order valence-corrected chi connectivity index (χ2v) is 7.41. The zero-order chi connectivity index (χ0) is 18.6. The number of aldehydes is 1. The largest absolute Gasteiger partial charge is 0.298 e. The van der Waals surface area contributed by atoms with Crippen LogP contribution in [0.3, 0.4) is 0 Å². The van der Waals surface area contributed by atoms with Gasteiger partial charge in [0.1, 0.15) is 5.82 Å². The van der Waals surface area contributed by atoms with Crippen LogP contribution in [0.2, 0.25) is 0 Å². The van der Waals surface area contributed by atoms with Crippen molar-refractivity contribution >= 4 is 22.4 Å². The van der Waals surface area contributed by atoms with Gasteiger partial charge in [0.05, 0.1) is 11.4 Å². The summed E-state index contributed by atoms with van der Waals surface area (Å²) in [5, 5.41) is 0. The van der Waals surface area contributed by atoms with Gasteiger partial charge in [-0.3, -0.25) is 9.78 Å². The van der Waals surface area contributed by atoms with E-state index in [1.165, 1.54) is 36.5 Å². The Morgan fingerprint density at radius 1 is 1.12 bits per heavy atom. The molecule has 0 saturated carbocycles. The first kappa shape index (κ1) is 17.8. The van der Waals surface area contributed by atoms with Crippen LogP contribution < -0.4 is 0 Å². The molecule has 5 nitrogen and oxygen atoms in total. The molecule has 7 heteroatoms. The number of halogens is 1. The van der Waals surface area contributed by atoms with E-state index in [1.54, 1.807) is 36.7 Å². The number of hydrogen-bond acceptors (Lipinski definition) is 4. The molecule has 0 unspecified atom stereocenters. The molecule has 2 heterocycles. The highest BCUT2D eigenvalue weighted by molar-refractivity contribution is 7.90. The van der Waals surface area contributed by atoms with Gasteiger partial charge in [0.15, 0.2) is 6.29 Å². The van der Waals surface area contributed by atoms with E-state index < -0.39 is 15.8 Å². The van der Waals surface area contributed by atoms with Crippen molar-refractivity contribution in [2.75, 3.05) is 5.75 Å². The fraction of sp³-hybridized carbons (Fsp3) is 0.0526. The number of nitrogens with zero attached hydrogens (tertiary/aromatic N) is 2. The maximum Gasteiger partial charge on any atom is 0.242 e. The van der Waals surface area contributed by atoms with E-state index >= 15 is 0 Å². The molecule has 3 aromatic rings. The topological polar surface area (TPSA) is 69.0 Å². The van der Waals surface area contributed by atoms with Gasteiger partial charge in [0.25, 0.3) is 0 Å². The van der Waals surface area contributed by atoms with Crippen LogP contribution in [0.25, 0.3) is 17.3 Å². The molecule has 132 valence electrons. The summed E-state index contributed by atoms with van der Waals surface area (Å²) in [5.74, 6) is -0.874. The molecule has 0 aliphatic rings. The third kappa shape index (κ3) is 3.78. The SMILES string of the molecule is O=Cc1cc(-c2ccccc2F)n(S(=O)(=O)CC=Cc2cccnc2)c1. The Morgan fingerprint density at radius 2 is 1.92 bits per heavy atom. The van der Waals surface area contributed by atoms with Crippen LogP contribution in [0.15, 0.2) is 67.1 Å². The van der Waals surface area contributed by atoms with E-state index in [2.05, 4.69) is 4.98 Å². The number of pyridine rings is 1. The Kier molecular flexibility index (Phi) is 5.09. The van der Waals surface area contributed by atoms with Crippen LogP contribution in [0.4, 0.5) is 4.39 Å². The summed E-state index contributed by atoms with van der Waals surface area (Å²) in [5.41, 5.74) is 1.14. The van der Waals surface area contributed by atoms with E-state index in [-0.39, 0.29) is 22.6 Å². The molecule has 0 N–H and O–H groups in total. The number of aromatic nitrogens is 2. The minimum atomic E-state index is -3.83. The van der Waals surface area contributed by atoms with Crippen molar-refractivity contribution in [2.45, 2.75) is 0 Å². The summed E-state index contributed by atoms with van der Waals surface area (Å²) in [6, 6.07) is 10.7. The molecule has 0 fully saturated rings. The summed E-state index contributed by atoms with van der Waals surface area (Å²) in [7, 11) is -3.83. The Hall–Kier alpha value is -3.06. The second-order valence-electron chi connectivity index (χ2n) is 5.52. The van der Waals surface area contributed by atoms with Gasteiger partial charge < -0.3 is 0 Å². The van der Waals surface area contributed by atoms with Gasteiger partial charge in [0, 0.05) is 29.7 Å². The van der Waals surface area contributed by atoms with Crippen molar-refractivity contribution < 1.29 is 17.6 Å². The van der Waals surface area contributed by atoms with Gasteiger partial charge in [-0.25, -0.2) is 16.8 Å². The molecule has 2 aromatic heterocycles. The van der Waals surface area contributed by atoms with Gasteiger partial charge in [-0.1, -0.05) is 30.4 Å². The second kappa shape index (κ2) is 7.45. The number of hydrogen-bond donors (Lipinski definition) is 0. The first-order valence-corrected chi connectivity index (χ1v) is 9.34. The third-order valence-electron chi connectivity index (χ3n) is 3.69. The van der Waals surface area contributed by atoms with E-state index in [0.29, 0.717) is 6.29 Å². The van der Waals surface area contributed by atoms with Crippen molar-refractivity contribution in [3.8, 4) is 11.3 Å². The zero-order valence-electron chi connectivity index (χ0n) is 13.6. The summed E-state index contributed by atoms with van der Waals surface area (Å²) in [4.78, 5) is 15.0. The molecule has 26 heavy (non-hydrogen) atoms. The molecular weight excluding hydrogens is 355 g/mol. The average molecular weight is 370 g/mol. The molecule has 3 rings (SSSR count). The van der Waals surface area contributed by atoms with E-state index in [0.717, 1.165) is 9.54 Å². The first-order chi connectivity index (χ1) is 12.5. The maximum atomic E-state index is 14.1. The van der Waals surface area contributed by atoms with E-state index in [1.807, 2.05) is 0 Å². The number of carbonyl (C=O) groups excluding carboxylic acids is 1. The molecule has 0 spiro atoms. The van der Waals surface area contributed by atoms with E-state index in [9.17, 15) is 17.6 Å². The van der Waals surface area contributed by atoms with Crippen LogP contribution in [-0.4, -0.2) is 29.4 Å². The van der Waals surface area contributed by atoms with Crippen LogP contribution >= 0.6 is 0 Å². The monoisotopic (exact) mass is 370 g/mol. The summed E-state index contributed by atoms with van der Waals surface area (Å²) in [6.07, 6.45) is 8.07. The van der Waals surface area contributed by atoms with Crippen LogP contribution in [0.5, 0.6) is 0 Å². The molecule has 1 aromatic carbocycles. The van der Waals surface area contributed by atoms with Crippen molar-refractivity contribution in [3.63, 3.8) is 0 Å². The smallest absolute Gasteiger partial charge is 0.242 e. The molecule has 0 aliphatic carbocycles. The number of carbonyl (C=O) groups is 1. The maximum absolute atomic E-state index is 14.1. The molecule has 0 atom stereocenters. The molecule has 0 bridgehead atoms. The van der Waals surface area contributed by atoms with Gasteiger partial charge in [0.2, 0.25) is 10.0 Å². The lowest BCUT2D eigenvalue weighted by Crippen LogP contribution is -2.15. The molecule has 0 aliphatic heterocycles. The van der Waals surface area contributed by atoms with Crippen LogP contribution in [-0.2, 0) is 10.0 Å². The predicted octanol–water partition coefficient (Wildman–Crippen LogP) is 3.39. The number of benzene rings is 1. The highest BCUT2D eigenvalue weighted by atomic mass is 32.2. The fourth-order valence-corrected chi connectivity index (χ4v) is 3.72. The van der Waals surface area contributed by atoms with Crippen molar-refractivity contribution in [1.82, 2.24) is 8.96 Å². The average Bonchev–Trinajstić information content (AvgIpc) is 3.08. The fourth-order valence-electron chi connectivity index (χ4n) is 2.48. The third-order valence-corrected chi connectivity index (χ3v) is 5.21. The minimum Gasteiger partial charge on any atom is -0.298 e. The Balaban J connectivity index is 1.97. The van der Waals surface area contributed by atoms with Gasteiger partial charge in [-0.2, -0.15) is 0 Å². The van der Waals surface area contributed by atoms with Crippen LogP contribution in [0, 0.1) is 5.82 Å². The number of rotatable bonds is 6. The van der Waals surface area contributed by atoms with Crippen molar-refractivity contribution in [1.29, 1.82) is 0 Å². The molecular formula is C19H15FN2O3S. The Bertz CT molecular complexity index is 1060. The molecule has 0 radical (unpaired) electrons. The van der Waals surface area contributed by atoms with E-state index in [4.69, 9.17) is 0 Å². The summed E-state index contributed by atoms with van der Waals surface area (Å²) < 4.78 is 40.5. The highest BCUT2D eigenvalue weighted by Crippen LogP contribution is 2.26. The minimum absolute atomic E-state index is 0.111. The highest BCUT2D eigenvalue weighted by Gasteiger charge is 2.20. The normalized spacial score (nSPS) is 11.7. The zero-order valence-corrected chi connectivity index (χ0v) is 14.4. The van der Waals surface area contributed by atoms with Gasteiger partial charge >= 0.3 is 0 Å². The summed E-state index contributed by atoms with van der Waals surface area (Å²) >= 11 is 0. The standard InChI is InChI=1S/C19H15FN2O3S/c20-18-8-2-1-7-17(18)19-11-16(14-23)13-22(19)26(24,25)10-4-6-15-5-3-9-21-12-15/h1-9,11-14H,10H2. The molecule has 0 amide bonds. The van der Waals surface area contributed by atoms with Crippen molar-refractivity contribution in [2.24, 2.45) is 0 Å². The lowest BCUT2D eigenvalue weighted by atomic mass is 10.1.